The minimum Gasteiger partial charge on any atom is -0.444 e. The van der Waals surface area contributed by atoms with E-state index >= 15 is 0 Å². The van der Waals surface area contributed by atoms with Crippen molar-refractivity contribution in [1.82, 2.24) is 10.6 Å². The molecule has 2 atom stereocenters. The van der Waals surface area contributed by atoms with E-state index in [0.717, 1.165) is 19.5 Å². The molecular weight excluding hydrogens is 252 g/mol. The van der Waals surface area contributed by atoms with Gasteiger partial charge in [0.2, 0.25) is 0 Å². The maximum absolute atomic E-state index is 12.0. The van der Waals surface area contributed by atoms with Crippen LogP contribution in [0.3, 0.4) is 0 Å². The Labute approximate surface area is 120 Å². The predicted octanol–water partition coefficient (Wildman–Crippen LogP) is 2.66. The van der Waals surface area contributed by atoms with Crippen molar-refractivity contribution >= 4 is 6.09 Å². The zero-order valence-corrected chi connectivity index (χ0v) is 12.5. The Hall–Kier alpha value is -1.55. The Balaban J connectivity index is 2.03. The van der Waals surface area contributed by atoms with Gasteiger partial charge in [-0.05, 0) is 39.3 Å². The second-order valence-corrected chi connectivity index (χ2v) is 6.26. The van der Waals surface area contributed by atoms with Crippen molar-refractivity contribution in [2.45, 2.75) is 44.8 Å². The van der Waals surface area contributed by atoms with Crippen LogP contribution in [0.1, 0.15) is 38.7 Å². The number of hydrogen-bond acceptors (Lipinski definition) is 3. The van der Waals surface area contributed by atoms with E-state index in [0.29, 0.717) is 0 Å². The molecule has 1 aromatic rings. The molecule has 0 saturated carbocycles. The summed E-state index contributed by atoms with van der Waals surface area (Å²) in [6.07, 6.45) is 0.587. The zero-order chi connectivity index (χ0) is 14.6. The summed E-state index contributed by atoms with van der Waals surface area (Å²) in [5, 5.41) is 6.42. The highest BCUT2D eigenvalue weighted by Crippen LogP contribution is 2.24. The topological polar surface area (TPSA) is 50.4 Å². The minimum absolute atomic E-state index is 0.119. The molecule has 0 aliphatic carbocycles. The van der Waals surface area contributed by atoms with Crippen LogP contribution in [0.5, 0.6) is 0 Å². The molecule has 1 aliphatic heterocycles. The van der Waals surface area contributed by atoms with E-state index in [-0.39, 0.29) is 18.1 Å². The first-order valence-electron chi connectivity index (χ1n) is 7.21. The standard InChI is InChI=1S/C16H24N2O2/c1-16(2,3)20-15(19)18-14-9-10-17-11-13(14)12-7-5-4-6-8-12/h4-8,13-14,17H,9-11H2,1-3H3,(H,18,19). The van der Waals surface area contributed by atoms with Crippen LogP contribution in [-0.2, 0) is 4.74 Å². The van der Waals surface area contributed by atoms with Gasteiger partial charge in [-0.25, -0.2) is 4.79 Å². The number of alkyl carbamates (subject to hydrolysis) is 1. The number of nitrogens with one attached hydrogen (secondary N) is 2. The normalized spacial score (nSPS) is 23.1. The van der Waals surface area contributed by atoms with E-state index in [1.807, 2.05) is 39.0 Å². The van der Waals surface area contributed by atoms with Gasteiger partial charge in [-0.1, -0.05) is 30.3 Å². The highest BCUT2D eigenvalue weighted by atomic mass is 16.6. The summed E-state index contributed by atoms with van der Waals surface area (Å²) >= 11 is 0. The molecule has 0 aromatic heterocycles. The van der Waals surface area contributed by atoms with Crippen LogP contribution >= 0.6 is 0 Å². The Morgan fingerprint density at radius 3 is 2.65 bits per heavy atom. The molecule has 0 radical (unpaired) electrons. The Morgan fingerprint density at radius 2 is 2.00 bits per heavy atom. The van der Waals surface area contributed by atoms with E-state index < -0.39 is 5.60 Å². The molecule has 1 fully saturated rings. The number of hydrogen-bond donors (Lipinski definition) is 2. The third-order valence-electron chi connectivity index (χ3n) is 3.41. The lowest BCUT2D eigenvalue weighted by molar-refractivity contribution is 0.0488. The lowest BCUT2D eigenvalue weighted by atomic mass is 9.87. The number of ether oxygens (including phenoxy) is 1. The van der Waals surface area contributed by atoms with Crippen LogP contribution in [0.25, 0.3) is 0 Å². The average Bonchev–Trinajstić information content (AvgIpc) is 2.38. The third-order valence-corrected chi connectivity index (χ3v) is 3.41. The summed E-state index contributed by atoms with van der Waals surface area (Å²) in [6.45, 7) is 7.44. The maximum Gasteiger partial charge on any atom is 0.407 e. The lowest BCUT2D eigenvalue weighted by Crippen LogP contribution is -2.49. The summed E-state index contributed by atoms with van der Waals surface area (Å²) in [6, 6.07) is 10.4. The van der Waals surface area contributed by atoms with Crippen molar-refractivity contribution in [2.75, 3.05) is 13.1 Å². The van der Waals surface area contributed by atoms with E-state index in [4.69, 9.17) is 4.74 Å². The molecule has 2 rings (SSSR count). The second-order valence-electron chi connectivity index (χ2n) is 6.26. The molecule has 110 valence electrons. The summed E-state index contributed by atoms with van der Waals surface area (Å²) in [5.74, 6) is 0.289. The van der Waals surface area contributed by atoms with Crippen molar-refractivity contribution in [2.24, 2.45) is 0 Å². The summed E-state index contributed by atoms with van der Waals surface area (Å²) in [7, 11) is 0. The van der Waals surface area contributed by atoms with Crippen molar-refractivity contribution in [3.63, 3.8) is 0 Å². The molecule has 1 heterocycles. The van der Waals surface area contributed by atoms with Crippen LogP contribution in [-0.4, -0.2) is 30.8 Å². The van der Waals surface area contributed by atoms with Crippen molar-refractivity contribution in [1.29, 1.82) is 0 Å². The number of benzene rings is 1. The van der Waals surface area contributed by atoms with Crippen molar-refractivity contribution in [3.8, 4) is 0 Å². The van der Waals surface area contributed by atoms with E-state index in [1.165, 1.54) is 5.56 Å². The molecule has 4 nitrogen and oxygen atoms in total. The number of rotatable bonds is 2. The Bertz CT molecular complexity index is 440. The highest BCUT2D eigenvalue weighted by molar-refractivity contribution is 5.68. The molecule has 0 spiro atoms. The number of piperidine rings is 1. The largest absolute Gasteiger partial charge is 0.444 e. The smallest absolute Gasteiger partial charge is 0.407 e. The van der Waals surface area contributed by atoms with Gasteiger partial charge in [-0.15, -0.1) is 0 Å². The fourth-order valence-electron chi connectivity index (χ4n) is 2.54. The molecule has 0 bridgehead atoms. The van der Waals surface area contributed by atoms with Crippen molar-refractivity contribution < 1.29 is 9.53 Å². The quantitative estimate of drug-likeness (QED) is 0.873. The van der Waals surface area contributed by atoms with Crippen LogP contribution in [0.15, 0.2) is 30.3 Å². The molecule has 1 aromatic carbocycles. The summed E-state index contributed by atoms with van der Waals surface area (Å²) in [4.78, 5) is 12.0. The van der Waals surface area contributed by atoms with Crippen LogP contribution in [0.2, 0.25) is 0 Å². The second kappa shape index (κ2) is 6.27. The molecular formula is C16H24N2O2. The van der Waals surface area contributed by atoms with Crippen LogP contribution in [0.4, 0.5) is 4.79 Å². The van der Waals surface area contributed by atoms with Crippen molar-refractivity contribution in [3.05, 3.63) is 35.9 Å². The fraction of sp³-hybridized carbons (Fsp3) is 0.562. The molecule has 1 amide bonds. The summed E-state index contributed by atoms with van der Waals surface area (Å²) < 4.78 is 5.35. The first-order chi connectivity index (χ1) is 9.46. The van der Waals surface area contributed by atoms with Gasteiger partial charge in [0.1, 0.15) is 5.60 Å². The number of carbonyl (C=O) groups is 1. The molecule has 20 heavy (non-hydrogen) atoms. The first kappa shape index (κ1) is 14.9. The molecule has 1 saturated heterocycles. The summed E-state index contributed by atoms with van der Waals surface area (Å²) in [5.41, 5.74) is 0.792. The maximum atomic E-state index is 12.0. The number of carbonyl (C=O) groups excluding carboxylic acids is 1. The molecule has 4 heteroatoms. The molecule has 2 N–H and O–H groups in total. The van der Waals surface area contributed by atoms with Gasteiger partial charge in [0.15, 0.2) is 0 Å². The van der Waals surface area contributed by atoms with Gasteiger partial charge < -0.3 is 15.4 Å². The lowest BCUT2D eigenvalue weighted by Gasteiger charge is -2.33. The zero-order valence-electron chi connectivity index (χ0n) is 12.5. The van der Waals surface area contributed by atoms with Gasteiger partial charge in [0.05, 0.1) is 0 Å². The average molecular weight is 276 g/mol. The van der Waals surface area contributed by atoms with E-state index in [1.54, 1.807) is 0 Å². The fourth-order valence-corrected chi connectivity index (χ4v) is 2.54. The molecule has 2 unspecified atom stereocenters. The van der Waals surface area contributed by atoms with E-state index in [9.17, 15) is 4.79 Å². The monoisotopic (exact) mass is 276 g/mol. The van der Waals surface area contributed by atoms with Gasteiger partial charge in [-0.2, -0.15) is 0 Å². The SMILES string of the molecule is CC(C)(C)OC(=O)NC1CCNCC1c1ccccc1. The van der Waals surface area contributed by atoms with Gasteiger partial charge in [0.25, 0.3) is 0 Å². The van der Waals surface area contributed by atoms with Gasteiger partial charge >= 0.3 is 6.09 Å². The predicted molar refractivity (Wildman–Crippen MR) is 79.8 cm³/mol. The Kier molecular flexibility index (Phi) is 4.65. The van der Waals surface area contributed by atoms with Gasteiger partial charge in [-0.3, -0.25) is 0 Å². The third kappa shape index (κ3) is 4.23. The highest BCUT2D eigenvalue weighted by Gasteiger charge is 2.29. The molecule has 1 aliphatic rings. The number of amides is 1. The Morgan fingerprint density at radius 1 is 1.30 bits per heavy atom. The van der Waals surface area contributed by atoms with Crippen LogP contribution in [0, 0.1) is 0 Å². The van der Waals surface area contributed by atoms with E-state index in [2.05, 4.69) is 22.8 Å². The minimum atomic E-state index is -0.459. The van der Waals surface area contributed by atoms with Crippen LogP contribution < -0.4 is 10.6 Å². The first-order valence-corrected chi connectivity index (χ1v) is 7.21. The van der Waals surface area contributed by atoms with Gasteiger partial charge in [0, 0.05) is 18.5 Å².